The van der Waals surface area contributed by atoms with Gasteiger partial charge in [-0.1, -0.05) is 37.5 Å². The van der Waals surface area contributed by atoms with Crippen LogP contribution < -0.4 is 30.9 Å². The van der Waals surface area contributed by atoms with Crippen LogP contribution in [-0.4, -0.2) is 163 Å². The molecule has 2 aliphatic heterocycles. The number of ether oxygens (including phenoxy) is 1. The number of hydrogen-bond acceptors (Lipinski definition) is 17. The minimum atomic E-state index is -3.85. The van der Waals surface area contributed by atoms with E-state index in [1.54, 1.807) is 56.5 Å². The fourth-order valence-corrected chi connectivity index (χ4v) is 12.1. The summed E-state index contributed by atoms with van der Waals surface area (Å²) in [6, 6.07) is 11.9. The van der Waals surface area contributed by atoms with Crippen LogP contribution in [0.15, 0.2) is 72.1 Å². The van der Waals surface area contributed by atoms with Crippen molar-refractivity contribution in [1.82, 2.24) is 65.7 Å². The van der Waals surface area contributed by atoms with E-state index in [4.69, 9.17) is 4.74 Å². The van der Waals surface area contributed by atoms with E-state index in [2.05, 4.69) is 66.3 Å². The lowest BCUT2D eigenvalue weighted by Crippen LogP contribution is -2.57. The standard InChI is InChI=1S/C57H75N15O7S/c1-35-26-43(72(68-35)42-18-13-10-14-19-42)28-47(73)46-27-41(33-71(46)55(76)50(39-16-11-9-12-17-39)64-53(74)38(4)58-8)63-54(75)40-31-59-56(60-32-40)70-23-21-69(22-24-70)20-15-25-79-48-30-45-44(29-49(48)80(77,78)57(5,6)7)52(62-34-61-45)65-51-36(2)37(3)66-67-51/h10,13-14,18-19,26,29-32,34,38-39,41,46,50,58H,9,11-12,15-17,20-25,27-28,33H2,1-8H3,(H,63,75)(H,64,74)(H2,61,62,65,66,67)/t38-,41-,46-,50-/m0/s1. The van der Waals surface area contributed by atoms with Crippen molar-refractivity contribution in [3.05, 3.63) is 95.5 Å². The summed E-state index contributed by atoms with van der Waals surface area (Å²) in [5, 5.41) is 24.8. The summed E-state index contributed by atoms with van der Waals surface area (Å²) in [6.07, 6.45) is 9.75. The Morgan fingerprint density at radius 2 is 1.62 bits per heavy atom. The minimum absolute atomic E-state index is 0.00315. The van der Waals surface area contributed by atoms with Crippen molar-refractivity contribution in [3.8, 4) is 11.4 Å². The monoisotopic (exact) mass is 1110 g/mol. The fourth-order valence-electron chi connectivity index (χ4n) is 10.7. The molecule has 4 atom stereocenters. The highest BCUT2D eigenvalue weighted by molar-refractivity contribution is 7.92. The molecule has 0 unspecified atom stereocenters. The third kappa shape index (κ3) is 12.8. The number of Topliss-reactive ketones (excluding diaryl/α,β-unsaturated/α-hetero) is 1. The Labute approximate surface area is 467 Å². The molecule has 2 saturated heterocycles. The molecule has 23 heteroatoms. The van der Waals surface area contributed by atoms with Crippen LogP contribution >= 0.6 is 0 Å². The first kappa shape index (κ1) is 57.3. The van der Waals surface area contributed by atoms with E-state index >= 15 is 0 Å². The zero-order chi connectivity index (χ0) is 56.9. The van der Waals surface area contributed by atoms with Crippen molar-refractivity contribution in [2.75, 3.05) is 63.1 Å². The average molecular weight is 1110 g/mol. The number of aromatic nitrogens is 8. The Kier molecular flexibility index (Phi) is 17.6. The van der Waals surface area contributed by atoms with Gasteiger partial charge in [0.1, 0.15) is 28.8 Å². The normalized spacial score (nSPS) is 18.2. The maximum absolute atomic E-state index is 14.9. The highest BCUT2D eigenvalue weighted by Gasteiger charge is 2.45. The van der Waals surface area contributed by atoms with Crippen LogP contribution in [0.4, 0.5) is 17.6 Å². The molecule has 80 heavy (non-hydrogen) atoms. The summed E-state index contributed by atoms with van der Waals surface area (Å²) in [5.41, 5.74) is 4.82. The largest absolute Gasteiger partial charge is 0.492 e. The third-order valence-electron chi connectivity index (χ3n) is 15.8. The summed E-state index contributed by atoms with van der Waals surface area (Å²) in [4.78, 5) is 80.9. The molecule has 426 valence electrons. The number of H-pyrrole nitrogens is 1. The minimum Gasteiger partial charge on any atom is -0.492 e. The van der Waals surface area contributed by atoms with Gasteiger partial charge in [0.25, 0.3) is 5.91 Å². The van der Waals surface area contributed by atoms with Crippen LogP contribution in [0.2, 0.25) is 0 Å². The molecular weight excluding hydrogens is 1040 g/mol. The number of ketones is 1. The van der Waals surface area contributed by atoms with Crippen molar-refractivity contribution in [1.29, 1.82) is 0 Å². The fraction of sp³-hybridized carbons (Fsp3) is 0.509. The molecule has 3 amide bonds. The number of likely N-dealkylation sites (N-methyl/N-ethyl adjacent to an activating group) is 1. The summed E-state index contributed by atoms with van der Waals surface area (Å²) < 4.78 is 35.0. The molecule has 6 aromatic rings. The SMILES string of the molecule is CN[C@@H](C)C(=O)N[C@H](C(=O)N1C[C@@H](NC(=O)c2cnc(N3CCN(CCCOc4cc5ncnc(Nc6n[nH]c(C)c6C)c5cc4S(=O)(=O)C(C)(C)C)CC3)nc2)C[C@H]1C(=O)Cc1cc(C)nn1-c1ccccc1)C1CCCCC1. The number of anilines is 3. The predicted octanol–water partition coefficient (Wildman–Crippen LogP) is 5.34. The Morgan fingerprint density at radius 3 is 2.30 bits per heavy atom. The van der Waals surface area contributed by atoms with E-state index in [1.807, 2.05) is 57.2 Å². The Bertz CT molecular complexity index is 3290. The number of likely N-dealkylation sites (tertiary alicyclic amines) is 1. The molecule has 5 N–H and O–H groups in total. The topological polar surface area (TPSA) is 268 Å². The number of fused-ring (bicyclic) bond motifs is 1. The number of amides is 3. The van der Waals surface area contributed by atoms with Gasteiger partial charge in [0.05, 0.1) is 58.0 Å². The van der Waals surface area contributed by atoms with Crippen molar-refractivity contribution >= 4 is 61.8 Å². The lowest BCUT2D eigenvalue weighted by Gasteiger charge is -2.35. The maximum atomic E-state index is 14.9. The number of aryl methyl sites for hydroxylation is 2. The Hall–Kier alpha value is -7.37. The number of benzene rings is 2. The second-order valence-corrected chi connectivity index (χ2v) is 25.0. The molecule has 0 bridgehead atoms. The van der Waals surface area contributed by atoms with Crippen molar-refractivity contribution in [2.45, 2.75) is 134 Å². The van der Waals surface area contributed by atoms with Crippen molar-refractivity contribution in [2.24, 2.45) is 5.92 Å². The van der Waals surface area contributed by atoms with Gasteiger partial charge < -0.3 is 35.8 Å². The number of carbonyl (C=O) groups excluding carboxylic acids is 4. The molecule has 1 aliphatic carbocycles. The summed E-state index contributed by atoms with van der Waals surface area (Å²) >= 11 is 0. The Balaban J connectivity index is 0.821. The summed E-state index contributed by atoms with van der Waals surface area (Å²) in [6.45, 7) is 16.2. The molecule has 1 saturated carbocycles. The number of sulfone groups is 1. The quantitative estimate of drug-likeness (QED) is 0.0604. The van der Waals surface area contributed by atoms with Crippen molar-refractivity contribution < 1.29 is 32.3 Å². The lowest BCUT2D eigenvalue weighted by atomic mass is 9.83. The molecule has 0 spiro atoms. The Morgan fingerprint density at radius 1 is 0.900 bits per heavy atom. The smallest absolute Gasteiger partial charge is 0.254 e. The molecule has 0 radical (unpaired) electrons. The number of rotatable bonds is 20. The van der Waals surface area contributed by atoms with Gasteiger partial charge in [-0.2, -0.15) is 10.2 Å². The molecule has 3 fully saturated rings. The second kappa shape index (κ2) is 24.6. The lowest BCUT2D eigenvalue weighted by molar-refractivity contribution is -0.142. The van der Waals surface area contributed by atoms with E-state index in [0.717, 1.165) is 67.8 Å². The summed E-state index contributed by atoms with van der Waals surface area (Å²) in [7, 11) is -2.16. The van der Waals surface area contributed by atoms with Gasteiger partial charge in [-0.3, -0.25) is 29.2 Å². The number of hydrogen-bond donors (Lipinski definition) is 5. The van der Waals surface area contributed by atoms with E-state index < -0.39 is 44.7 Å². The van der Waals surface area contributed by atoms with Gasteiger partial charge in [0.2, 0.25) is 17.8 Å². The first-order chi connectivity index (χ1) is 38.3. The van der Waals surface area contributed by atoms with Gasteiger partial charge in [-0.15, -0.1) is 0 Å². The van der Waals surface area contributed by atoms with E-state index in [9.17, 15) is 27.6 Å². The van der Waals surface area contributed by atoms with Crippen LogP contribution in [0.25, 0.3) is 16.6 Å². The predicted molar refractivity (Wildman–Crippen MR) is 304 cm³/mol. The number of carbonyl (C=O) groups is 4. The number of nitrogens with zero attached hydrogens (tertiary/aromatic N) is 10. The highest BCUT2D eigenvalue weighted by Crippen LogP contribution is 2.38. The molecule has 3 aliphatic rings. The molecule has 22 nitrogen and oxygen atoms in total. The average Bonchev–Trinajstić information content (AvgIpc) is 4.15. The van der Waals surface area contributed by atoms with Crippen LogP contribution in [0.3, 0.4) is 0 Å². The molecular formula is C57H75N15O7S. The number of aromatic amines is 1. The molecule has 2 aromatic carbocycles. The van der Waals surface area contributed by atoms with Gasteiger partial charge in [0, 0.05) is 80.4 Å². The zero-order valence-corrected chi connectivity index (χ0v) is 47.9. The number of nitrogens with one attached hydrogen (secondary N) is 5. The number of piperazine rings is 1. The summed E-state index contributed by atoms with van der Waals surface area (Å²) in [5.74, 6) is 0.414. The van der Waals surface area contributed by atoms with Crippen LogP contribution in [-0.2, 0) is 30.6 Å². The first-order valence-electron chi connectivity index (χ1n) is 27.8. The van der Waals surface area contributed by atoms with Crippen LogP contribution in [0, 0.1) is 26.7 Å². The van der Waals surface area contributed by atoms with Gasteiger partial charge in [-0.25, -0.2) is 33.0 Å². The van der Waals surface area contributed by atoms with Crippen molar-refractivity contribution in [3.63, 3.8) is 0 Å². The highest BCUT2D eigenvalue weighted by atomic mass is 32.2. The number of para-hydroxylation sites is 1. The van der Waals surface area contributed by atoms with Crippen LogP contribution in [0.1, 0.15) is 106 Å². The molecule has 9 rings (SSSR count). The maximum Gasteiger partial charge on any atom is 0.254 e. The van der Waals surface area contributed by atoms with Crippen LogP contribution in [0.5, 0.6) is 5.75 Å². The molecule has 6 heterocycles. The zero-order valence-electron chi connectivity index (χ0n) is 47.1. The van der Waals surface area contributed by atoms with Gasteiger partial charge in [0.15, 0.2) is 21.4 Å². The third-order valence-corrected chi connectivity index (χ3v) is 18.3. The second-order valence-electron chi connectivity index (χ2n) is 22.4. The first-order valence-corrected chi connectivity index (χ1v) is 29.2. The van der Waals surface area contributed by atoms with E-state index in [1.165, 1.54) is 18.7 Å². The van der Waals surface area contributed by atoms with Gasteiger partial charge in [-0.05, 0) is 111 Å². The van der Waals surface area contributed by atoms with Gasteiger partial charge >= 0.3 is 0 Å². The van der Waals surface area contributed by atoms with E-state index in [-0.39, 0.29) is 65.7 Å². The molecule has 4 aromatic heterocycles. The van der Waals surface area contributed by atoms with E-state index in [0.29, 0.717) is 60.2 Å².